The van der Waals surface area contributed by atoms with E-state index in [1.165, 1.54) is 21.6 Å². The number of rotatable bonds is 5. The van der Waals surface area contributed by atoms with Crippen LogP contribution in [0.2, 0.25) is 0 Å². The van der Waals surface area contributed by atoms with E-state index < -0.39 is 0 Å². The van der Waals surface area contributed by atoms with Gasteiger partial charge in [0.25, 0.3) is 5.91 Å². The van der Waals surface area contributed by atoms with Crippen LogP contribution in [0.5, 0.6) is 0 Å². The Bertz CT molecular complexity index is 918. The molecule has 0 unspecified atom stereocenters. The summed E-state index contributed by atoms with van der Waals surface area (Å²) in [7, 11) is 0. The predicted molar refractivity (Wildman–Crippen MR) is 111 cm³/mol. The molecular weight excluding hydrogens is 352 g/mol. The average Bonchev–Trinajstić information content (AvgIpc) is 3.36. The fourth-order valence-corrected chi connectivity index (χ4v) is 4.63. The van der Waals surface area contributed by atoms with Crippen LogP contribution < -0.4 is 10.2 Å². The van der Waals surface area contributed by atoms with Crippen LogP contribution in [0.1, 0.15) is 34.5 Å². The molecule has 0 aliphatic carbocycles. The molecule has 2 aromatic carbocycles. The highest BCUT2D eigenvalue weighted by Crippen LogP contribution is 2.28. The van der Waals surface area contributed by atoms with E-state index >= 15 is 0 Å². The van der Waals surface area contributed by atoms with Gasteiger partial charge in [-0.3, -0.25) is 4.79 Å². The molecular formula is C23H25N2OS+. The van der Waals surface area contributed by atoms with Crippen molar-refractivity contribution in [2.45, 2.75) is 32.4 Å². The summed E-state index contributed by atoms with van der Waals surface area (Å²) < 4.78 is 0. The number of quaternary nitrogens is 1. The molecule has 0 fully saturated rings. The van der Waals surface area contributed by atoms with E-state index in [4.69, 9.17) is 0 Å². The number of para-hydroxylation sites is 1. The van der Waals surface area contributed by atoms with Crippen LogP contribution in [-0.4, -0.2) is 18.5 Å². The molecule has 1 aromatic heterocycles. The minimum absolute atomic E-state index is 0.141. The lowest BCUT2D eigenvalue weighted by atomic mass is 10.0. The monoisotopic (exact) mass is 377 g/mol. The van der Waals surface area contributed by atoms with Gasteiger partial charge in [-0.1, -0.05) is 54.1 Å². The minimum Gasteiger partial charge on any atom is -0.326 e. The largest absolute Gasteiger partial charge is 0.326 e. The Hall–Kier alpha value is -2.43. The highest BCUT2D eigenvalue weighted by molar-refractivity contribution is 7.10. The Morgan fingerprint density at radius 2 is 1.85 bits per heavy atom. The molecule has 3 nitrogen and oxygen atoms in total. The first-order valence-corrected chi connectivity index (χ1v) is 10.4. The number of benzene rings is 2. The Morgan fingerprint density at radius 3 is 2.59 bits per heavy atom. The number of thiophene rings is 1. The number of carbonyl (C=O) groups is 1. The normalized spacial score (nSPS) is 15.4. The van der Waals surface area contributed by atoms with E-state index in [-0.39, 0.29) is 18.0 Å². The summed E-state index contributed by atoms with van der Waals surface area (Å²) in [6.45, 7) is 4.91. The third-order valence-corrected chi connectivity index (χ3v) is 6.27. The number of nitrogens with zero attached hydrogens (tertiary/aromatic N) is 1. The highest BCUT2D eigenvalue weighted by atomic mass is 32.1. The van der Waals surface area contributed by atoms with Gasteiger partial charge in [-0.25, -0.2) is 0 Å². The number of carbonyl (C=O) groups excluding carboxylic acids is 1. The molecule has 0 bridgehead atoms. The Morgan fingerprint density at radius 1 is 1.07 bits per heavy atom. The maximum absolute atomic E-state index is 13.2. The van der Waals surface area contributed by atoms with Gasteiger partial charge in [-0.2, -0.15) is 0 Å². The van der Waals surface area contributed by atoms with Gasteiger partial charge in [0.2, 0.25) is 0 Å². The third kappa shape index (κ3) is 3.68. The van der Waals surface area contributed by atoms with Crippen LogP contribution in [0.4, 0.5) is 5.69 Å². The molecule has 3 aromatic rings. The number of anilines is 1. The standard InChI is InChI=1S/C23H24N2OS/c1-16-9-11-19(12-10-16)22(21-8-5-15-27-21)24-17(2)23(26)25-14-13-18-6-3-4-7-20(18)25/h3-12,15,17,22,24H,13-14H2,1-2H3/p+1/t17-,22-/m0/s1. The van der Waals surface area contributed by atoms with Crippen molar-refractivity contribution in [1.29, 1.82) is 0 Å². The number of hydrogen-bond donors (Lipinski definition) is 1. The zero-order chi connectivity index (χ0) is 18.8. The molecule has 0 saturated carbocycles. The van der Waals surface area contributed by atoms with Gasteiger partial charge in [-0.15, -0.1) is 11.3 Å². The molecule has 1 aliphatic heterocycles. The van der Waals surface area contributed by atoms with E-state index in [1.807, 2.05) is 24.0 Å². The number of hydrogen-bond acceptors (Lipinski definition) is 2. The molecule has 0 radical (unpaired) electrons. The summed E-state index contributed by atoms with van der Waals surface area (Å²) in [4.78, 5) is 16.4. The van der Waals surface area contributed by atoms with Crippen LogP contribution in [0.25, 0.3) is 0 Å². The lowest BCUT2D eigenvalue weighted by molar-refractivity contribution is -0.704. The molecule has 4 heteroatoms. The summed E-state index contributed by atoms with van der Waals surface area (Å²) in [6, 6.07) is 21.1. The summed E-state index contributed by atoms with van der Waals surface area (Å²) in [5.74, 6) is 0.189. The van der Waals surface area contributed by atoms with Gasteiger partial charge < -0.3 is 10.2 Å². The smallest absolute Gasteiger partial charge is 0.284 e. The van der Waals surface area contributed by atoms with Crippen molar-refractivity contribution >= 4 is 22.9 Å². The Balaban J connectivity index is 1.56. The molecule has 2 atom stereocenters. The first-order valence-electron chi connectivity index (χ1n) is 9.48. The number of aryl methyl sites for hydroxylation is 1. The number of nitrogens with two attached hydrogens (primary N) is 1. The van der Waals surface area contributed by atoms with Crippen molar-refractivity contribution in [3.63, 3.8) is 0 Å². The molecule has 2 heterocycles. The second kappa shape index (κ2) is 7.67. The third-order valence-electron chi connectivity index (χ3n) is 5.31. The van der Waals surface area contributed by atoms with Crippen LogP contribution >= 0.6 is 11.3 Å². The lowest BCUT2D eigenvalue weighted by Crippen LogP contribution is -2.92. The van der Waals surface area contributed by atoms with E-state index in [0.29, 0.717) is 0 Å². The molecule has 4 rings (SSSR count). The second-order valence-corrected chi connectivity index (χ2v) is 8.23. The van der Waals surface area contributed by atoms with Gasteiger partial charge in [0.05, 0.1) is 4.88 Å². The maximum Gasteiger partial charge on any atom is 0.284 e. The SMILES string of the molecule is Cc1ccc([C@H]([NH2+][C@@H](C)C(=O)N2CCc3ccccc32)c2cccs2)cc1. The van der Waals surface area contributed by atoms with Crippen LogP contribution in [-0.2, 0) is 11.2 Å². The van der Waals surface area contributed by atoms with Gasteiger partial charge in [0, 0.05) is 17.8 Å². The van der Waals surface area contributed by atoms with Crippen LogP contribution in [0.15, 0.2) is 66.0 Å². The zero-order valence-electron chi connectivity index (χ0n) is 15.8. The topological polar surface area (TPSA) is 36.9 Å². The fourth-order valence-electron chi connectivity index (χ4n) is 3.80. The van der Waals surface area contributed by atoms with Gasteiger partial charge in [0.1, 0.15) is 6.04 Å². The number of fused-ring (bicyclic) bond motifs is 1. The maximum atomic E-state index is 13.2. The quantitative estimate of drug-likeness (QED) is 0.723. The van der Waals surface area contributed by atoms with Crippen LogP contribution in [0, 0.1) is 6.92 Å². The summed E-state index contributed by atoms with van der Waals surface area (Å²) >= 11 is 1.75. The summed E-state index contributed by atoms with van der Waals surface area (Å²) in [5, 5.41) is 4.31. The molecule has 0 saturated heterocycles. The highest BCUT2D eigenvalue weighted by Gasteiger charge is 2.32. The first kappa shape index (κ1) is 18.0. The van der Waals surface area contributed by atoms with Crippen LogP contribution in [0.3, 0.4) is 0 Å². The second-order valence-electron chi connectivity index (χ2n) is 7.25. The zero-order valence-corrected chi connectivity index (χ0v) is 16.6. The van der Waals surface area contributed by atoms with Crippen molar-refractivity contribution < 1.29 is 10.1 Å². The molecule has 27 heavy (non-hydrogen) atoms. The predicted octanol–water partition coefficient (Wildman–Crippen LogP) is 3.69. The molecule has 1 amide bonds. The summed E-state index contributed by atoms with van der Waals surface area (Å²) in [5.41, 5.74) is 4.84. The Labute approximate surface area is 164 Å². The van der Waals surface area contributed by atoms with Crippen molar-refractivity contribution in [3.05, 3.63) is 87.6 Å². The first-order chi connectivity index (χ1) is 13.1. The molecule has 0 spiro atoms. The van der Waals surface area contributed by atoms with E-state index in [2.05, 4.69) is 66.2 Å². The van der Waals surface area contributed by atoms with Crippen molar-refractivity contribution in [2.75, 3.05) is 11.4 Å². The van der Waals surface area contributed by atoms with Crippen molar-refractivity contribution in [2.24, 2.45) is 0 Å². The summed E-state index contributed by atoms with van der Waals surface area (Å²) in [6.07, 6.45) is 0.945. The van der Waals surface area contributed by atoms with E-state index in [1.54, 1.807) is 11.3 Å². The number of amides is 1. The minimum atomic E-state index is -0.149. The van der Waals surface area contributed by atoms with Crippen molar-refractivity contribution in [1.82, 2.24) is 0 Å². The Kier molecular flexibility index (Phi) is 5.10. The van der Waals surface area contributed by atoms with Gasteiger partial charge in [0.15, 0.2) is 6.04 Å². The molecule has 138 valence electrons. The van der Waals surface area contributed by atoms with Gasteiger partial charge in [-0.05, 0) is 43.3 Å². The van der Waals surface area contributed by atoms with E-state index in [9.17, 15) is 4.79 Å². The molecule has 2 N–H and O–H groups in total. The van der Waals surface area contributed by atoms with E-state index in [0.717, 1.165) is 18.7 Å². The fraction of sp³-hybridized carbons (Fsp3) is 0.261. The van der Waals surface area contributed by atoms with Gasteiger partial charge >= 0.3 is 0 Å². The average molecular weight is 378 g/mol. The molecule has 1 aliphatic rings. The lowest BCUT2D eigenvalue weighted by Gasteiger charge is -2.24. The van der Waals surface area contributed by atoms with Crippen molar-refractivity contribution in [3.8, 4) is 0 Å².